The molecule has 1 fully saturated rings. The lowest BCUT2D eigenvalue weighted by atomic mass is 10.1. The highest BCUT2D eigenvalue weighted by molar-refractivity contribution is 6.02. The molecule has 1 heterocycles. The van der Waals surface area contributed by atoms with Crippen LogP contribution < -0.4 is 10.6 Å². The van der Waals surface area contributed by atoms with Crippen molar-refractivity contribution in [3.8, 4) is 0 Å². The van der Waals surface area contributed by atoms with Crippen molar-refractivity contribution in [2.24, 2.45) is 16.8 Å². The lowest BCUT2D eigenvalue weighted by Crippen LogP contribution is -2.39. The van der Waals surface area contributed by atoms with E-state index in [1.165, 1.54) is 12.8 Å². The Balaban J connectivity index is 2.40. The number of aryl methyl sites for hydroxylation is 1. The third kappa shape index (κ3) is 3.44. The van der Waals surface area contributed by atoms with Crippen molar-refractivity contribution in [2.45, 2.75) is 32.7 Å². The van der Waals surface area contributed by atoms with Crippen molar-refractivity contribution >= 4 is 11.7 Å². The van der Waals surface area contributed by atoms with E-state index >= 15 is 0 Å². The van der Waals surface area contributed by atoms with Crippen LogP contribution in [0.3, 0.4) is 0 Å². The van der Waals surface area contributed by atoms with Gasteiger partial charge in [-0.1, -0.05) is 5.16 Å². The summed E-state index contributed by atoms with van der Waals surface area (Å²) in [5, 5.41) is 12.2. The molecule has 1 aliphatic rings. The maximum atomic E-state index is 9.05. The number of oxime groups is 1. The summed E-state index contributed by atoms with van der Waals surface area (Å²) in [4.78, 5) is 6.70. The highest BCUT2D eigenvalue weighted by atomic mass is 16.5. The number of rotatable bonds is 7. The molecule has 21 heavy (non-hydrogen) atoms. The Kier molecular flexibility index (Phi) is 5.01. The summed E-state index contributed by atoms with van der Waals surface area (Å²) in [5.74, 6) is 1.55. The van der Waals surface area contributed by atoms with E-state index in [1.54, 1.807) is 13.3 Å². The van der Waals surface area contributed by atoms with Crippen molar-refractivity contribution in [2.75, 3.05) is 25.2 Å². The summed E-state index contributed by atoms with van der Waals surface area (Å²) in [6.07, 6.45) is 4.25. The van der Waals surface area contributed by atoms with Gasteiger partial charge in [-0.05, 0) is 44.2 Å². The van der Waals surface area contributed by atoms with Crippen LogP contribution in [0.15, 0.2) is 17.4 Å². The monoisotopic (exact) mass is 292 g/mol. The molecule has 1 atom stereocenters. The maximum absolute atomic E-state index is 9.05. The summed E-state index contributed by atoms with van der Waals surface area (Å²) in [6, 6.07) is 2.23. The van der Waals surface area contributed by atoms with E-state index in [4.69, 9.17) is 15.7 Å². The highest BCUT2D eigenvalue weighted by Gasteiger charge is 2.33. The van der Waals surface area contributed by atoms with Crippen LogP contribution in [-0.2, 0) is 4.74 Å². The number of hydrogen-bond donors (Lipinski definition) is 2. The van der Waals surface area contributed by atoms with Gasteiger partial charge in [0.05, 0.1) is 12.2 Å². The van der Waals surface area contributed by atoms with Crippen molar-refractivity contribution in [3.63, 3.8) is 0 Å². The highest BCUT2D eigenvalue weighted by Crippen LogP contribution is 2.37. The van der Waals surface area contributed by atoms with Crippen molar-refractivity contribution in [1.29, 1.82) is 0 Å². The van der Waals surface area contributed by atoms with E-state index in [0.717, 1.165) is 17.9 Å². The van der Waals surface area contributed by atoms with Gasteiger partial charge in [-0.25, -0.2) is 4.98 Å². The Hall–Kier alpha value is -1.82. The van der Waals surface area contributed by atoms with E-state index in [9.17, 15) is 0 Å². The smallest absolute Gasteiger partial charge is 0.174 e. The summed E-state index contributed by atoms with van der Waals surface area (Å²) in [6.45, 7) is 5.49. The van der Waals surface area contributed by atoms with Crippen LogP contribution in [-0.4, -0.2) is 42.3 Å². The number of nitrogens with zero attached hydrogens (tertiary/aromatic N) is 3. The number of methoxy groups -OCH3 is 1. The molecule has 1 aromatic heterocycles. The minimum atomic E-state index is 0.0982. The molecule has 0 spiro atoms. The number of pyridine rings is 1. The first-order chi connectivity index (χ1) is 10.1. The molecule has 6 heteroatoms. The molecule has 0 bridgehead atoms. The molecule has 1 saturated carbocycles. The second-order valence-electron chi connectivity index (χ2n) is 5.58. The van der Waals surface area contributed by atoms with Crippen LogP contribution in [0, 0.1) is 12.8 Å². The molecule has 2 rings (SSSR count). The van der Waals surface area contributed by atoms with Gasteiger partial charge in [0.1, 0.15) is 5.82 Å². The second-order valence-corrected chi connectivity index (χ2v) is 5.58. The lowest BCUT2D eigenvalue weighted by molar-refractivity contribution is 0.202. The van der Waals surface area contributed by atoms with Gasteiger partial charge in [-0.15, -0.1) is 0 Å². The van der Waals surface area contributed by atoms with Crippen molar-refractivity contribution in [3.05, 3.63) is 23.4 Å². The molecular weight excluding hydrogens is 268 g/mol. The van der Waals surface area contributed by atoms with E-state index < -0.39 is 0 Å². The Morgan fingerprint density at radius 2 is 2.33 bits per heavy atom. The Morgan fingerprint density at radius 3 is 2.90 bits per heavy atom. The summed E-state index contributed by atoms with van der Waals surface area (Å²) >= 11 is 0. The fraction of sp³-hybridized carbons (Fsp3) is 0.600. The predicted octanol–water partition coefficient (Wildman–Crippen LogP) is 1.74. The average molecular weight is 292 g/mol. The first-order valence-corrected chi connectivity index (χ1v) is 7.29. The third-order valence-corrected chi connectivity index (χ3v) is 4.11. The Bertz CT molecular complexity index is 514. The molecule has 0 amide bonds. The van der Waals surface area contributed by atoms with Crippen LogP contribution >= 0.6 is 0 Å². The fourth-order valence-electron chi connectivity index (χ4n) is 2.65. The zero-order valence-corrected chi connectivity index (χ0v) is 12.9. The Morgan fingerprint density at radius 1 is 1.62 bits per heavy atom. The molecule has 1 aliphatic carbocycles. The molecular formula is C15H24N4O2. The summed E-state index contributed by atoms with van der Waals surface area (Å²) in [7, 11) is 1.69. The van der Waals surface area contributed by atoms with Crippen LogP contribution in [0.1, 0.15) is 30.9 Å². The second kappa shape index (κ2) is 6.76. The molecule has 0 aliphatic heterocycles. The predicted molar refractivity (Wildman–Crippen MR) is 82.9 cm³/mol. The fourth-order valence-corrected chi connectivity index (χ4v) is 2.65. The Labute approximate surface area is 125 Å². The van der Waals surface area contributed by atoms with Gasteiger partial charge in [-0.2, -0.15) is 0 Å². The first-order valence-electron chi connectivity index (χ1n) is 7.29. The molecule has 6 nitrogen and oxygen atoms in total. The number of hydrogen-bond acceptors (Lipinski definition) is 5. The quantitative estimate of drug-likeness (QED) is 0.346. The van der Waals surface area contributed by atoms with Gasteiger partial charge in [0.25, 0.3) is 0 Å². The number of amidine groups is 1. The van der Waals surface area contributed by atoms with Crippen LogP contribution in [0.5, 0.6) is 0 Å². The van der Waals surface area contributed by atoms with Crippen LogP contribution in [0.25, 0.3) is 0 Å². The van der Waals surface area contributed by atoms with Gasteiger partial charge in [0, 0.05) is 25.9 Å². The van der Waals surface area contributed by atoms with E-state index in [-0.39, 0.29) is 5.84 Å². The van der Waals surface area contributed by atoms with Gasteiger partial charge in [-0.3, -0.25) is 0 Å². The van der Waals surface area contributed by atoms with Gasteiger partial charge in [0.2, 0.25) is 0 Å². The van der Waals surface area contributed by atoms with Crippen molar-refractivity contribution < 1.29 is 9.94 Å². The minimum absolute atomic E-state index is 0.0982. The molecule has 0 radical (unpaired) electrons. The number of nitrogens with two attached hydrogens (primary N) is 1. The SMILES string of the molecule is COCCN(c1nccc(C)c1/C(N)=N/O)C(C)C1CC1. The van der Waals surface area contributed by atoms with Gasteiger partial charge < -0.3 is 20.6 Å². The standard InChI is InChI=1S/C15H24N4O2/c1-10-6-7-17-15(13(10)14(16)18-20)19(8-9-21-3)11(2)12-4-5-12/h6-7,11-12,20H,4-5,8-9H2,1-3H3,(H2,16,18). The molecule has 3 N–H and O–H groups in total. The molecule has 0 saturated heterocycles. The zero-order chi connectivity index (χ0) is 15.4. The number of ether oxygens (including phenoxy) is 1. The van der Waals surface area contributed by atoms with E-state index in [1.807, 2.05) is 13.0 Å². The summed E-state index contributed by atoms with van der Waals surface area (Å²) in [5.41, 5.74) is 7.50. The largest absolute Gasteiger partial charge is 0.409 e. The number of anilines is 1. The molecule has 1 unspecified atom stereocenters. The lowest BCUT2D eigenvalue weighted by Gasteiger charge is -2.32. The third-order valence-electron chi connectivity index (χ3n) is 4.11. The van der Waals surface area contributed by atoms with Crippen molar-refractivity contribution in [1.82, 2.24) is 4.98 Å². The molecule has 116 valence electrons. The van der Waals surface area contributed by atoms with Crippen LogP contribution in [0.2, 0.25) is 0 Å². The average Bonchev–Trinajstić information content (AvgIpc) is 3.31. The first kappa shape index (κ1) is 15.6. The maximum Gasteiger partial charge on any atom is 0.174 e. The molecule has 0 aromatic carbocycles. The van der Waals surface area contributed by atoms with E-state index in [2.05, 4.69) is 22.0 Å². The zero-order valence-electron chi connectivity index (χ0n) is 12.9. The summed E-state index contributed by atoms with van der Waals surface area (Å²) < 4.78 is 5.22. The van der Waals surface area contributed by atoms with Gasteiger partial charge in [0.15, 0.2) is 5.84 Å². The van der Waals surface area contributed by atoms with Gasteiger partial charge >= 0.3 is 0 Å². The minimum Gasteiger partial charge on any atom is -0.409 e. The normalized spacial score (nSPS) is 16.8. The van der Waals surface area contributed by atoms with Crippen LogP contribution in [0.4, 0.5) is 5.82 Å². The van der Waals surface area contributed by atoms with E-state index in [0.29, 0.717) is 24.1 Å². The number of aromatic nitrogens is 1. The molecule has 1 aromatic rings. The topological polar surface area (TPSA) is 84.0 Å².